The van der Waals surface area contributed by atoms with Gasteiger partial charge in [-0.3, -0.25) is 5.43 Å². The Morgan fingerprint density at radius 2 is 2.06 bits per heavy atom. The van der Waals surface area contributed by atoms with Gasteiger partial charge in [0.05, 0.1) is 11.0 Å². The first-order valence-electron chi connectivity index (χ1n) is 6.75. The van der Waals surface area contributed by atoms with E-state index in [0.29, 0.717) is 6.04 Å². The van der Waals surface area contributed by atoms with Crippen molar-refractivity contribution in [3.05, 3.63) is 23.8 Å². The summed E-state index contributed by atoms with van der Waals surface area (Å²) in [5, 5.41) is 0. The van der Waals surface area contributed by atoms with Gasteiger partial charge in [-0.15, -0.1) is 0 Å². The van der Waals surface area contributed by atoms with Gasteiger partial charge in [0.2, 0.25) is 5.95 Å². The van der Waals surface area contributed by atoms with Crippen molar-refractivity contribution in [3.8, 4) is 0 Å². The number of rotatable bonds is 2. The number of anilines is 1. The first-order chi connectivity index (χ1) is 8.79. The maximum atomic E-state index is 5.63. The molecule has 1 heterocycles. The molecule has 0 bridgehead atoms. The number of nitrogens with one attached hydrogen (secondary N) is 1. The van der Waals surface area contributed by atoms with E-state index in [9.17, 15) is 0 Å². The first-order valence-corrected chi connectivity index (χ1v) is 6.75. The third-order valence-corrected chi connectivity index (χ3v) is 3.91. The molecule has 1 fully saturated rings. The monoisotopic (exact) mass is 244 g/mol. The van der Waals surface area contributed by atoms with E-state index in [-0.39, 0.29) is 0 Å². The van der Waals surface area contributed by atoms with Crippen molar-refractivity contribution in [2.75, 3.05) is 5.43 Å². The fraction of sp³-hybridized carbons (Fsp3) is 0.500. The highest BCUT2D eigenvalue weighted by Gasteiger charge is 2.20. The van der Waals surface area contributed by atoms with Gasteiger partial charge < -0.3 is 4.57 Å². The van der Waals surface area contributed by atoms with E-state index >= 15 is 0 Å². The number of nitrogens with two attached hydrogens (primary N) is 1. The number of hydrogen-bond acceptors (Lipinski definition) is 3. The summed E-state index contributed by atoms with van der Waals surface area (Å²) in [4.78, 5) is 4.59. The molecule has 2 aromatic rings. The second kappa shape index (κ2) is 4.61. The highest BCUT2D eigenvalue weighted by Crippen LogP contribution is 2.34. The van der Waals surface area contributed by atoms with Crippen LogP contribution in [0.2, 0.25) is 0 Å². The molecule has 3 N–H and O–H groups in total. The molecule has 0 spiro atoms. The van der Waals surface area contributed by atoms with E-state index in [2.05, 4.69) is 40.1 Å². The molecule has 0 unspecified atom stereocenters. The molecule has 0 atom stereocenters. The van der Waals surface area contributed by atoms with Crippen molar-refractivity contribution in [2.45, 2.75) is 45.1 Å². The standard InChI is InChI=1S/C14H20N4/c1-10-7-8-13-12(9-10)16-14(17-15)18(13)11-5-3-2-4-6-11/h7-9,11H,2-6,15H2,1H3,(H,16,17). The number of hydrogen-bond donors (Lipinski definition) is 2. The second-order valence-corrected chi connectivity index (χ2v) is 5.23. The SMILES string of the molecule is Cc1ccc2c(c1)nc(NN)n2C1CCCCC1. The van der Waals surface area contributed by atoms with E-state index in [1.165, 1.54) is 43.2 Å². The molecule has 1 aromatic heterocycles. The van der Waals surface area contributed by atoms with Crippen molar-refractivity contribution in [1.29, 1.82) is 0 Å². The maximum absolute atomic E-state index is 5.63. The quantitative estimate of drug-likeness (QED) is 0.630. The highest BCUT2D eigenvalue weighted by molar-refractivity contribution is 5.79. The summed E-state index contributed by atoms with van der Waals surface area (Å²) < 4.78 is 2.29. The van der Waals surface area contributed by atoms with Gasteiger partial charge in [-0.25, -0.2) is 10.8 Å². The van der Waals surface area contributed by atoms with Crippen molar-refractivity contribution in [3.63, 3.8) is 0 Å². The first kappa shape index (κ1) is 11.5. The van der Waals surface area contributed by atoms with Gasteiger partial charge in [0.1, 0.15) is 0 Å². The molecule has 0 radical (unpaired) electrons. The predicted octanol–water partition coefficient (Wildman–Crippen LogP) is 3.14. The topological polar surface area (TPSA) is 55.9 Å². The Kier molecular flexibility index (Phi) is 2.96. The molecule has 0 aliphatic heterocycles. The largest absolute Gasteiger partial charge is 0.306 e. The Bertz CT molecular complexity index is 552. The fourth-order valence-electron chi connectivity index (χ4n) is 3.02. The number of nitrogen functional groups attached to an aromatic ring is 1. The zero-order valence-corrected chi connectivity index (χ0v) is 10.8. The normalized spacial score (nSPS) is 17.2. The molecule has 1 aromatic carbocycles. The lowest BCUT2D eigenvalue weighted by atomic mass is 9.95. The lowest BCUT2D eigenvalue weighted by Gasteiger charge is -2.25. The minimum absolute atomic E-state index is 0.539. The Morgan fingerprint density at radius 3 is 2.78 bits per heavy atom. The summed E-state index contributed by atoms with van der Waals surface area (Å²) in [5.74, 6) is 6.42. The molecule has 4 nitrogen and oxygen atoms in total. The van der Waals surface area contributed by atoms with Crippen molar-refractivity contribution >= 4 is 17.0 Å². The molecule has 1 aliphatic rings. The summed E-state index contributed by atoms with van der Waals surface area (Å²) >= 11 is 0. The van der Waals surface area contributed by atoms with Crippen molar-refractivity contribution in [1.82, 2.24) is 9.55 Å². The number of hydrazine groups is 1. The summed E-state index contributed by atoms with van der Waals surface area (Å²) in [5.41, 5.74) is 6.22. The Balaban J connectivity index is 2.12. The zero-order valence-electron chi connectivity index (χ0n) is 10.8. The van der Waals surface area contributed by atoms with Gasteiger partial charge in [0, 0.05) is 6.04 Å². The number of nitrogens with zero attached hydrogens (tertiary/aromatic N) is 2. The average Bonchev–Trinajstić information content (AvgIpc) is 2.77. The molecule has 1 saturated carbocycles. The van der Waals surface area contributed by atoms with Crippen molar-refractivity contribution in [2.24, 2.45) is 5.84 Å². The van der Waals surface area contributed by atoms with Crippen LogP contribution in [0.1, 0.15) is 43.7 Å². The summed E-state index contributed by atoms with van der Waals surface area (Å²) in [6, 6.07) is 6.96. The number of aromatic nitrogens is 2. The minimum atomic E-state index is 0.539. The van der Waals surface area contributed by atoms with Crippen LogP contribution in [0, 0.1) is 6.92 Å². The average molecular weight is 244 g/mol. The van der Waals surface area contributed by atoms with E-state index < -0.39 is 0 Å². The number of aryl methyl sites for hydroxylation is 1. The van der Waals surface area contributed by atoms with Crippen molar-refractivity contribution < 1.29 is 0 Å². The van der Waals surface area contributed by atoms with Crippen LogP contribution in [-0.2, 0) is 0 Å². The van der Waals surface area contributed by atoms with Crippen LogP contribution in [-0.4, -0.2) is 9.55 Å². The molecular weight excluding hydrogens is 224 g/mol. The molecule has 96 valence electrons. The Labute approximate surface area is 107 Å². The predicted molar refractivity (Wildman–Crippen MR) is 74.4 cm³/mol. The van der Waals surface area contributed by atoms with Crippen LogP contribution in [0.3, 0.4) is 0 Å². The maximum Gasteiger partial charge on any atom is 0.218 e. The molecule has 1 aliphatic carbocycles. The van der Waals surface area contributed by atoms with Gasteiger partial charge in [-0.05, 0) is 37.5 Å². The molecule has 3 rings (SSSR count). The van der Waals surface area contributed by atoms with Crippen LogP contribution < -0.4 is 11.3 Å². The summed E-state index contributed by atoms with van der Waals surface area (Å²) in [7, 11) is 0. The number of imidazole rings is 1. The van der Waals surface area contributed by atoms with Crippen LogP contribution in [0.5, 0.6) is 0 Å². The Hall–Kier alpha value is -1.55. The van der Waals surface area contributed by atoms with Gasteiger partial charge in [-0.2, -0.15) is 0 Å². The minimum Gasteiger partial charge on any atom is -0.306 e. The molecule has 0 saturated heterocycles. The van der Waals surface area contributed by atoms with Crippen LogP contribution in [0.15, 0.2) is 18.2 Å². The van der Waals surface area contributed by atoms with E-state index in [4.69, 9.17) is 5.84 Å². The van der Waals surface area contributed by atoms with E-state index in [0.717, 1.165) is 11.5 Å². The van der Waals surface area contributed by atoms with Gasteiger partial charge in [-0.1, -0.05) is 25.3 Å². The molecule has 18 heavy (non-hydrogen) atoms. The van der Waals surface area contributed by atoms with E-state index in [1.54, 1.807) is 0 Å². The van der Waals surface area contributed by atoms with Gasteiger partial charge >= 0.3 is 0 Å². The van der Waals surface area contributed by atoms with Crippen LogP contribution in [0.4, 0.5) is 5.95 Å². The second-order valence-electron chi connectivity index (χ2n) is 5.23. The van der Waals surface area contributed by atoms with Gasteiger partial charge in [0.25, 0.3) is 0 Å². The molecule has 0 amide bonds. The lowest BCUT2D eigenvalue weighted by Crippen LogP contribution is -2.18. The smallest absolute Gasteiger partial charge is 0.218 e. The lowest BCUT2D eigenvalue weighted by molar-refractivity contribution is 0.362. The van der Waals surface area contributed by atoms with Gasteiger partial charge in [0.15, 0.2) is 0 Å². The third-order valence-electron chi connectivity index (χ3n) is 3.91. The molecule has 4 heteroatoms. The molecular formula is C14H20N4. The fourth-order valence-corrected chi connectivity index (χ4v) is 3.02. The Morgan fingerprint density at radius 1 is 1.28 bits per heavy atom. The van der Waals surface area contributed by atoms with Crippen LogP contribution in [0.25, 0.3) is 11.0 Å². The number of benzene rings is 1. The van der Waals surface area contributed by atoms with E-state index in [1.807, 2.05) is 0 Å². The third kappa shape index (κ3) is 1.86. The summed E-state index contributed by atoms with van der Waals surface area (Å²) in [6.07, 6.45) is 6.43. The zero-order chi connectivity index (χ0) is 12.5. The number of fused-ring (bicyclic) bond motifs is 1. The summed E-state index contributed by atoms with van der Waals surface area (Å²) in [6.45, 7) is 2.09. The highest BCUT2D eigenvalue weighted by atomic mass is 15.3. The van der Waals surface area contributed by atoms with Crippen LogP contribution >= 0.6 is 0 Å².